The highest BCUT2D eigenvalue weighted by molar-refractivity contribution is 5.96. The van der Waals surface area contributed by atoms with E-state index in [1.54, 1.807) is 17.0 Å². The Labute approximate surface area is 161 Å². The first-order valence-corrected chi connectivity index (χ1v) is 9.47. The molecule has 0 unspecified atom stereocenters. The van der Waals surface area contributed by atoms with Gasteiger partial charge in [-0.05, 0) is 62.6 Å². The Kier molecular flexibility index (Phi) is 5.79. The number of urea groups is 1. The highest BCUT2D eigenvalue weighted by Gasteiger charge is 2.27. The number of hydrogen-bond acceptors (Lipinski definition) is 2. The topological polar surface area (TPSA) is 52.6 Å². The number of nitrogens with one attached hydrogen (secondary N) is 1. The van der Waals surface area contributed by atoms with Gasteiger partial charge in [0.25, 0.3) is 5.91 Å². The minimum absolute atomic E-state index is 0.0175. The molecule has 1 heterocycles. The first kappa shape index (κ1) is 19.0. The summed E-state index contributed by atoms with van der Waals surface area (Å²) in [6.07, 6.45) is 0.924. The van der Waals surface area contributed by atoms with Gasteiger partial charge in [0.15, 0.2) is 0 Å². The smallest absolute Gasteiger partial charge is 0.324 e. The maximum Gasteiger partial charge on any atom is 0.324 e. The number of amides is 3. The number of carbonyl (C=O) groups excluding carboxylic acids is 2. The molecule has 0 spiro atoms. The molecule has 0 radical (unpaired) electrons. The fourth-order valence-corrected chi connectivity index (χ4v) is 3.30. The van der Waals surface area contributed by atoms with Crippen LogP contribution in [0.1, 0.15) is 41.8 Å². The number of nitrogens with zero attached hydrogens (tertiary/aromatic N) is 2. The molecular formula is C22H27N3O2. The number of anilines is 1. The van der Waals surface area contributed by atoms with E-state index in [9.17, 15) is 9.59 Å². The van der Waals surface area contributed by atoms with E-state index in [-0.39, 0.29) is 18.0 Å². The van der Waals surface area contributed by atoms with Gasteiger partial charge in [-0.15, -0.1) is 0 Å². The third-order valence-corrected chi connectivity index (χ3v) is 4.79. The van der Waals surface area contributed by atoms with Crippen molar-refractivity contribution in [1.82, 2.24) is 10.2 Å². The Morgan fingerprint density at radius 3 is 2.44 bits per heavy atom. The van der Waals surface area contributed by atoms with Crippen LogP contribution in [0.3, 0.4) is 0 Å². The van der Waals surface area contributed by atoms with Crippen LogP contribution in [0.2, 0.25) is 0 Å². The quantitative estimate of drug-likeness (QED) is 0.872. The first-order chi connectivity index (χ1) is 13.0. The molecule has 3 rings (SSSR count). The number of carbonyl (C=O) groups is 2. The molecular weight excluding hydrogens is 338 g/mol. The van der Waals surface area contributed by atoms with Gasteiger partial charge in [0.1, 0.15) is 0 Å². The molecule has 1 saturated heterocycles. The minimum atomic E-state index is -0.0947. The predicted molar refractivity (Wildman–Crippen MR) is 108 cm³/mol. The highest BCUT2D eigenvalue weighted by atomic mass is 16.2. The zero-order chi connectivity index (χ0) is 19.4. The molecule has 5 heteroatoms. The lowest BCUT2D eigenvalue weighted by Gasteiger charge is -2.36. The van der Waals surface area contributed by atoms with Gasteiger partial charge in [-0.25, -0.2) is 4.79 Å². The molecule has 5 nitrogen and oxygen atoms in total. The summed E-state index contributed by atoms with van der Waals surface area (Å²) in [7, 11) is 0. The van der Waals surface area contributed by atoms with Gasteiger partial charge in [-0.3, -0.25) is 9.69 Å². The Bertz CT molecular complexity index is 815. The first-order valence-electron chi connectivity index (χ1n) is 9.47. The summed E-state index contributed by atoms with van der Waals surface area (Å²) in [5, 5.41) is 2.88. The van der Waals surface area contributed by atoms with E-state index < -0.39 is 0 Å². The molecule has 2 aromatic carbocycles. The number of rotatable bonds is 5. The van der Waals surface area contributed by atoms with E-state index in [0.717, 1.165) is 18.7 Å². The lowest BCUT2D eigenvalue weighted by molar-refractivity contribution is 0.0943. The van der Waals surface area contributed by atoms with Crippen molar-refractivity contribution in [1.29, 1.82) is 0 Å². The lowest BCUT2D eigenvalue weighted by atomic mass is 10.1. The van der Waals surface area contributed by atoms with Gasteiger partial charge < -0.3 is 10.2 Å². The number of hydrogen-bond donors (Lipinski definition) is 1. The van der Waals surface area contributed by atoms with Gasteiger partial charge in [-0.2, -0.15) is 0 Å². The lowest BCUT2D eigenvalue weighted by Crippen LogP contribution is -2.49. The summed E-state index contributed by atoms with van der Waals surface area (Å²) in [6, 6.07) is 15.5. The fraction of sp³-hybridized carbons (Fsp3) is 0.364. The van der Waals surface area contributed by atoms with E-state index >= 15 is 0 Å². The largest absolute Gasteiger partial charge is 0.350 e. The van der Waals surface area contributed by atoms with E-state index in [0.29, 0.717) is 18.7 Å². The summed E-state index contributed by atoms with van der Waals surface area (Å²) < 4.78 is 0. The van der Waals surface area contributed by atoms with Crippen molar-refractivity contribution in [3.8, 4) is 0 Å². The van der Waals surface area contributed by atoms with Crippen LogP contribution in [0.4, 0.5) is 10.5 Å². The summed E-state index contributed by atoms with van der Waals surface area (Å²) in [4.78, 5) is 28.8. The van der Waals surface area contributed by atoms with Crippen LogP contribution >= 0.6 is 0 Å². The molecule has 0 bridgehead atoms. The SMILES string of the molecule is Cc1ccccc1CN1CCCN(c2ccc(C(=O)NC(C)C)cc2)C1=O. The molecule has 1 aliphatic rings. The van der Waals surface area contributed by atoms with Crippen molar-refractivity contribution in [2.45, 2.75) is 39.8 Å². The van der Waals surface area contributed by atoms with Crippen molar-refractivity contribution in [2.24, 2.45) is 0 Å². The Morgan fingerprint density at radius 2 is 1.78 bits per heavy atom. The molecule has 0 aromatic heterocycles. The normalized spacial score (nSPS) is 14.6. The zero-order valence-corrected chi connectivity index (χ0v) is 16.2. The molecule has 0 atom stereocenters. The van der Waals surface area contributed by atoms with Crippen molar-refractivity contribution >= 4 is 17.6 Å². The molecule has 27 heavy (non-hydrogen) atoms. The molecule has 142 valence electrons. The molecule has 0 saturated carbocycles. The standard InChI is InChI=1S/C22H27N3O2/c1-16(2)23-21(26)18-9-11-20(12-10-18)25-14-6-13-24(22(25)27)15-19-8-5-4-7-17(19)3/h4-5,7-12,16H,6,13-15H2,1-3H3,(H,23,26). The van der Waals surface area contributed by atoms with Crippen molar-refractivity contribution < 1.29 is 9.59 Å². The molecule has 1 N–H and O–H groups in total. The van der Waals surface area contributed by atoms with Crippen molar-refractivity contribution in [2.75, 3.05) is 18.0 Å². The molecule has 1 aliphatic heterocycles. The monoisotopic (exact) mass is 365 g/mol. The van der Waals surface area contributed by atoms with E-state index in [2.05, 4.69) is 24.4 Å². The van der Waals surface area contributed by atoms with Crippen LogP contribution < -0.4 is 10.2 Å². The minimum Gasteiger partial charge on any atom is -0.350 e. The van der Waals surface area contributed by atoms with E-state index in [1.165, 1.54) is 11.1 Å². The molecule has 1 fully saturated rings. The number of aryl methyl sites for hydroxylation is 1. The van der Waals surface area contributed by atoms with Crippen LogP contribution in [0.15, 0.2) is 48.5 Å². The fourth-order valence-electron chi connectivity index (χ4n) is 3.30. The average Bonchev–Trinajstić information content (AvgIpc) is 2.65. The number of benzene rings is 2. The average molecular weight is 365 g/mol. The van der Waals surface area contributed by atoms with E-state index in [1.807, 2.05) is 43.0 Å². The summed E-state index contributed by atoms with van der Waals surface area (Å²) in [5.74, 6) is -0.0947. The second-order valence-corrected chi connectivity index (χ2v) is 7.31. The van der Waals surface area contributed by atoms with Gasteiger partial charge >= 0.3 is 6.03 Å². The molecule has 3 amide bonds. The maximum atomic E-state index is 13.0. The van der Waals surface area contributed by atoms with Crippen LogP contribution in [0.5, 0.6) is 0 Å². The zero-order valence-electron chi connectivity index (χ0n) is 16.2. The van der Waals surface area contributed by atoms with E-state index in [4.69, 9.17) is 0 Å². The second kappa shape index (κ2) is 8.25. The van der Waals surface area contributed by atoms with Crippen LogP contribution in [-0.2, 0) is 6.54 Å². The third kappa shape index (κ3) is 4.48. The van der Waals surface area contributed by atoms with Crippen molar-refractivity contribution in [3.63, 3.8) is 0 Å². The van der Waals surface area contributed by atoms with Gasteiger partial charge in [-0.1, -0.05) is 24.3 Å². The van der Waals surface area contributed by atoms with Gasteiger partial charge in [0.2, 0.25) is 0 Å². The Morgan fingerprint density at radius 1 is 1.07 bits per heavy atom. The highest BCUT2D eigenvalue weighted by Crippen LogP contribution is 2.22. The summed E-state index contributed by atoms with van der Waals surface area (Å²) in [5.41, 5.74) is 3.81. The third-order valence-electron chi connectivity index (χ3n) is 4.79. The molecule has 2 aromatic rings. The molecule has 0 aliphatic carbocycles. The predicted octanol–water partition coefficient (Wildman–Crippen LogP) is 3.97. The summed E-state index contributed by atoms with van der Waals surface area (Å²) >= 11 is 0. The van der Waals surface area contributed by atoms with Crippen LogP contribution in [-0.4, -0.2) is 36.0 Å². The second-order valence-electron chi connectivity index (χ2n) is 7.31. The van der Waals surface area contributed by atoms with Crippen LogP contribution in [0, 0.1) is 6.92 Å². The van der Waals surface area contributed by atoms with Gasteiger partial charge in [0, 0.05) is 36.9 Å². The summed E-state index contributed by atoms with van der Waals surface area (Å²) in [6.45, 7) is 8.02. The maximum absolute atomic E-state index is 13.0. The Balaban J connectivity index is 1.72. The van der Waals surface area contributed by atoms with Gasteiger partial charge in [0.05, 0.1) is 0 Å². The van der Waals surface area contributed by atoms with Crippen molar-refractivity contribution in [3.05, 3.63) is 65.2 Å². The Hall–Kier alpha value is -2.82. The van der Waals surface area contributed by atoms with Crippen LogP contribution in [0.25, 0.3) is 0 Å².